The van der Waals surface area contributed by atoms with E-state index < -0.39 is 0 Å². The van der Waals surface area contributed by atoms with Gasteiger partial charge in [0.2, 0.25) is 0 Å². The molecule has 3 rings (SSSR count). The zero-order chi connectivity index (χ0) is 16.2. The molecule has 2 aromatic rings. The van der Waals surface area contributed by atoms with Crippen LogP contribution in [0.1, 0.15) is 29.8 Å². The second kappa shape index (κ2) is 7.34. The first kappa shape index (κ1) is 16.3. The lowest BCUT2D eigenvalue weighted by atomic mass is 10.1. The highest BCUT2D eigenvalue weighted by molar-refractivity contribution is 6.31. The highest BCUT2D eigenvalue weighted by Crippen LogP contribution is 2.25. The molecule has 5 nitrogen and oxygen atoms in total. The summed E-state index contributed by atoms with van der Waals surface area (Å²) in [7, 11) is 0. The molecule has 23 heavy (non-hydrogen) atoms. The predicted molar refractivity (Wildman–Crippen MR) is 87.8 cm³/mol. The highest BCUT2D eigenvalue weighted by atomic mass is 35.5. The molecule has 1 aliphatic heterocycles. The van der Waals surface area contributed by atoms with Gasteiger partial charge in [0, 0.05) is 36.7 Å². The second-order valence-electron chi connectivity index (χ2n) is 5.73. The number of hydrogen-bond acceptors (Lipinski definition) is 4. The first-order chi connectivity index (χ1) is 11.2. The van der Waals surface area contributed by atoms with Crippen molar-refractivity contribution < 1.29 is 19.1 Å². The lowest BCUT2D eigenvalue weighted by molar-refractivity contribution is 0.00332. The normalized spacial score (nSPS) is 16.2. The summed E-state index contributed by atoms with van der Waals surface area (Å²) in [5.74, 6) is 0.257. The number of piperidine rings is 1. The van der Waals surface area contributed by atoms with Crippen LogP contribution in [0.15, 0.2) is 28.7 Å². The third kappa shape index (κ3) is 3.86. The number of fused-ring (bicyclic) bond motifs is 1. The Morgan fingerprint density at radius 2 is 2.13 bits per heavy atom. The predicted octanol–water partition coefficient (Wildman–Crippen LogP) is 3.09. The van der Waals surface area contributed by atoms with E-state index in [2.05, 4.69) is 0 Å². The molecular formula is C17H20ClNO4. The Hall–Kier alpha value is -1.56. The molecule has 0 spiro atoms. The van der Waals surface area contributed by atoms with Crippen LogP contribution < -0.4 is 0 Å². The molecular weight excluding hydrogens is 318 g/mol. The lowest BCUT2D eigenvalue weighted by Gasteiger charge is -2.31. The minimum absolute atomic E-state index is 0.0915. The quantitative estimate of drug-likeness (QED) is 0.852. The van der Waals surface area contributed by atoms with Crippen LogP contribution in [0.4, 0.5) is 0 Å². The third-order valence-electron chi connectivity index (χ3n) is 4.07. The number of ether oxygens (including phenoxy) is 1. The van der Waals surface area contributed by atoms with Crippen LogP contribution in [0.3, 0.4) is 0 Å². The summed E-state index contributed by atoms with van der Waals surface area (Å²) in [6.45, 7) is 2.02. The van der Waals surface area contributed by atoms with E-state index in [9.17, 15) is 4.79 Å². The Balaban J connectivity index is 1.60. The van der Waals surface area contributed by atoms with Crippen molar-refractivity contribution in [2.75, 3.05) is 26.3 Å². The van der Waals surface area contributed by atoms with Crippen molar-refractivity contribution in [3.8, 4) is 0 Å². The van der Waals surface area contributed by atoms with Gasteiger partial charge >= 0.3 is 0 Å². The molecule has 1 aromatic carbocycles. The molecule has 0 radical (unpaired) electrons. The van der Waals surface area contributed by atoms with Crippen molar-refractivity contribution in [1.29, 1.82) is 0 Å². The number of amides is 1. The molecule has 0 bridgehead atoms. The van der Waals surface area contributed by atoms with Gasteiger partial charge in [-0.25, -0.2) is 0 Å². The number of carbonyl (C=O) groups is 1. The fourth-order valence-electron chi connectivity index (χ4n) is 2.82. The fourth-order valence-corrected chi connectivity index (χ4v) is 3.00. The van der Waals surface area contributed by atoms with Crippen LogP contribution in [0, 0.1) is 0 Å². The molecule has 0 unspecified atom stereocenters. The Morgan fingerprint density at radius 3 is 2.87 bits per heavy atom. The van der Waals surface area contributed by atoms with Crippen molar-refractivity contribution in [3.63, 3.8) is 0 Å². The van der Waals surface area contributed by atoms with Gasteiger partial charge in [-0.3, -0.25) is 4.79 Å². The average Bonchev–Trinajstić information content (AvgIpc) is 2.98. The van der Waals surface area contributed by atoms with Crippen molar-refractivity contribution in [3.05, 3.63) is 35.0 Å². The summed E-state index contributed by atoms with van der Waals surface area (Å²) < 4.78 is 11.3. The van der Waals surface area contributed by atoms with Crippen LogP contribution in [-0.2, 0) is 4.74 Å². The zero-order valence-electron chi connectivity index (χ0n) is 12.8. The maximum atomic E-state index is 12.5. The second-order valence-corrected chi connectivity index (χ2v) is 6.17. The van der Waals surface area contributed by atoms with E-state index in [0.717, 1.165) is 18.2 Å². The van der Waals surface area contributed by atoms with Gasteiger partial charge in [0.25, 0.3) is 5.91 Å². The summed E-state index contributed by atoms with van der Waals surface area (Å²) in [6.07, 6.45) is 2.44. The number of aliphatic hydroxyl groups is 1. The lowest BCUT2D eigenvalue weighted by Crippen LogP contribution is -2.40. The number of furan rings is 1. The third-order valence-corrected chi connectivity index (χ3v) is 4.31. The number of rotatable bonds is 5. The zero-order valence-corrected chi connectivity index (χ0v) is 13.6. The van der Waals surface area contributed by atoms with Gasteiger partial charge in [0.15, 0.2) is 5.76 Å². The molecule has 1 fully saturated rings. The van der Waals surface area contributed by atoms with Gasteiger partial charge in [-0.1, -0.05) is 11.6 Å². The number of likely N-dealkylation sites (tertiary alicyclic amines) is 1. The smallest absolute Gasteiger partial charge is 0.289 e. The minimum Gasteiger partial charge on any atom is -0.451 e. The number of carbonyl (C=O) groups excluding carboxylic acids is 1. The summed E-state index contributed by atoms with van der Waals surface area (Å²) in [5, 5.41) is 10.2. The van der Waals surface area contributed by atoms with E-state index in [4.69, 9.17) is 25.9 Å². The molecule has 2 heterocycles. The topological polar surface area (TPSA) is 62.9 Å². The fraction of sp³-hybridized carbons (Fsp3) is 0.471. The van der Waals surface area contributed by atoms with E-state index in [1.54, 1.807) is 29.2 Å². The van der Waals surface area contributed by atoms with Crippen LogP contribution in [0.5, 0.6) is 0 Å². The summed E-state index contributed by atoms with van der Waals surface area (Å²) in [4.78, 5) is 14.3. The average molecular weight is 338 g/mol. The highest BCUT2D eigenvalue weighted by Gasteiger charge is 2.26. The van der Waals surface area contributed by atoms with Crippen molar-refractivity contribution in [2.45, 2.75) is 25.4 Å². The summed E-state index contributed by atoms with van der Waals surface area (Å²) in [6, 6.07) is 7.05. The van der Waals surface area contributed by atoms with Crippen LogP contribution in [0.25, 0.3) is 11.0 Å². The van der Waals surface area contributed by atoms with Crippen LogP contribution in [0.2, 0.25) is 5.02 Å². The van der Waals surface area contributed by atoms with Crippen molar-refractivity contribution in [1.82, 2.24) is 4.90 Å². The van der Waals surface area contributed by atoms with Gasteiger partial charge in [-0.05, 0) is 43.5 Å². The molecule has 1 saturated heterocycles. The van der Waals surface area contributed by atoms with E-state index >= 15 is 0 Å². The van der Waals surface area contributed by atoms with Gasteiger partial charge < -0.3 is 19.2 Å². The maximum absolute atomic E-state index is 12.5. The molecule has 1 N–H and O–H groups in total. The molecule has 124 valence electrons. The van der Waals surface area contributed by atoms with Gasteiger partial charge in [0.05, 0.1) is 6.10 Å². The van der Waals surface area contributed by atoms with Gasteiger partial charge in [-0.15, -0.1) is 0 Å². The number of aliphatic hydroxyl groups excluding tert-OH is 1. The van der Waals surface area contributed by atoms with Gasteiger partial charge in [0.1, 0.15) is 5.58 Å². The van der Waals surface area contributed by atoms with E-state index in [1.165, 1.54) is 0 Å². The van der Waals surface area contributed by atoms with Crippen molar-refractivity contribution in [2.24, 2.45) is 0 Å². The van der Waals surface area contributed by atoms with Crippen molar-refractivity contribution >= 4 is 28.5 Å². The number of halogens is 1. The number of nitrogens with zero attached hydrogens (tertiary/aromatic N) is 1. The minimum atomic E-state index is -0.0915. The van der Waals surface area contributed by atoms with E-state index in [0.29, 0.717) is 42.5 Å². The molecule has 0 saturated carbocycles. The Morgan fingerprint density at radius 1 is 1.35 bits per heavy atom. The molecule has 1 amide bonds. The first-order valence-electron chi connectivity index (χ1n) is 7.88. The molecule has 0 aliphatic carbocycles. The monoisotopic (exact) mass is 337 g/mol. The van der Waals surface area contributed by atoms with E-state index in [-0.39, 0.29) is 18.6 Å². The SMILES string of the molecule is O=C(c1cc2cc(Cl)ccc2o1)N1CCC(OCCCO)CC1. The van der Waals surface area contributed by atoms with Crippen LogP contribution in [-0.4, -0.2) is 48.3 Å². The summed E-state index contributed by atoms with van der Waals surface area (Å²) in [5.41, 5.74) is 0.667. The maximum Gasteiger partial charge on any atom is 0.289 e. The van der Waals surface area contributed by atoms with E-state index in [1.807, 2.05) is 0 Å². The summed E-state index contributed by atoms with van der Waals surface area (Å²) >= 11 is 5.96. The molecule has 1 aromatic heterocycles. The Kier molecular flexibility index (Phi) is 5.20. The molecule has 6 heteroatoms. The number of hydrogen-bond donors (Lipinski definition) is 1. The Labute approximate surface area is 139 Å². The number of benzene rings is 1. The van der Waals surface area contributed by atoms with Gasteiger partial charge in [-0.2, -0.15) is 0 Å². The van der Waals surface area contributed by atoms with Crippen LogP contribution >= 0.6 is 11.6 Å². The standard InChI is InChI=1S/C17H20ClNO4/c18-13-2-3-15-12(10-13)11-16(23-15)17(21)19-6-4-14(5-7-19)22-9-1-8-20/h2-3,10-11,14,20H,1,4-9H2. The first-order valence-corrected chi connectivity index (χ1v) is 8.26. The Bertz CT molecular complexity index is 676. The molecule has 1 aliphatic rings. The molecule has 0 atom stereocenters. The largest absolute Gasteiger partial charge is 0.451 e.